The van der Waals surface area contributed by atoms with Gasteiger partial charge >= 0.3 is 0 Å². The maximum absolute atomic E-state index is 5.53. The van der Waals surface area contributed by atoms with Crippen LogP contribution >= 0.6 is 12.2 Å². The summed E-state index contributed by atoms with van der Waals surface area (Å²) in [4.78, 5) is 11.0. The van der Waals surface area contributed by atoms with Crippen molar-refractivity contribution in [1.82, 2.24) is 14.9 Å². The Morgan fingerprint density at radius 3 is 2.83 bits per heavy atom. The van der Waals surface area contributed by atoms with E-state index in [1.807, 2.05) is 0 Å². The van der Waals surface area contributed by atoms with Gasteiger partial charge in [0.15, 0.2) is 0 Å². The van der Waals surface area contributed by atoms with Gasteiger partial charge in [-0.1, -0.05) is 26.1 Å². The number of hydrogen-bond acceptors (Lipinski definition) is 5. The van der Waals surface area contributed by atoms with Crippen LogP contribution in [0.3, 0.4) is 0 Å². The van der Waals surface area contributed by atoms with E-state index in [0.717, 1.165) is 26.2 Å². The van der Waals surface area contributed by atoms with Crippen LogP contribution in [-0.4, -0.2) is 46.0 Å². The molecule has 1 heterocycles. The minimum absolute atomic E-state index is 0.293. The van der Waals surface area contributed by atoms with E-state index in [-0.39, 0.29) is 0 Å². The van der Waals surface area contributed by atoms with Gasteiger partial charge in [-0.15, -0.1) is 0 Å². The molecule has 1 rings (SSSR count). The summed E-state index contributed by atoms with van der Waals surface area (Å²) < 4.78 is 0. The second-order valence-corrected chi connectivity index (χ2v) is 4.43. The number of aromatic nitrogens is 2. The molecule has 3 N–H and O–H groups in total. The number of nitrogens with one attached hydrogen (secondary N) is 1. The lowest BCUT2D eigenvalue weighted by molar-refractivity contribution is 0.300. The van der Waals surface area contributed by atoms with E-state index < -0.39 is 0 Å². The zero-order valence-corrected chi connectivity index (χ0v) is 11.8. The molecule has 1 aromatic rings. The first kappa shape index (κ1) is 14.8. The standard InChI is InChI=1S/C12H21N5S/c1-3-8-17(4-2)9-7-15-12-14-6-5-10(16-12)11(13)18/h5-6H,3-4,7-9H2,1-2H3,(H2,13,18)(H,14,15,16). The van der Waals surface area contributed by atoms with Crippen LogP contribution in [0.25, 0.3) is 0 Å². The Labute approximate surface area is 114 Å². The monoisotopic (exact) mass is 267 g/mol. The van der Waals surface area contributed by atoms with Gasteiger partial charge in [0, 0.05) is 19.3 Å². The molecule has 0 spiro atoms. The Kier molecular flexibility index (Phi) is 6.53. The van der Waals surface area contributed by atoms with Gasteiger partial charge in [0.05, 0.1) is 0 Å². The molecule has 1 aromatic heterocycles. The maximum Gasteiger partial charge on any atom is 0.223 e. The van der Waals surface area contributed by atoms with Crippen LogP contribution in [0.4, 0.5) is 5.95 Å². The van der Waals surface area contributed by atoms with Gasteiger partial charge in [-0.3, -0.25) is 0 Å². The van der Waals surface area contributed by atoms with Crippen molar-refractivity contribution >= 4 is 23.2 Å². The predicted octanol–water partition coefficient (Wildman–Crippen LogP) is 1.25. The minimum Gasteiger partial charge on any atom is -0.388 e. The highest BCUT2D eigenvalue weighted by Gasteiger charge is 2.03. The molecule has 0 radical (unpaired) electrons. The fraction of sp³-hybridized carbons (Fsp3) is 0.583. The summed E-state index contributed by atoms with van der Waals surface area (Å²) in [5, 5.41) is 3.18. The second-order valence-electron chi connectivity index (χ2n) is 3.99. The zero-order valence-electron chi connectivity index (χ0n) is 11.0. The number of anilines is 1. The average Bonchev–Trinajstić information content (AvgIpc) is 2.38. The van der Waals surface area contributed by atoms with Crippen molar-refractivity contribution in [2.45, 2.75) is 20.3 Å². The molecule has 100 valence electrons. The van der Waals surface area contributed by atoms with E-state index in [0.29, 0.717) is 16.6 Å². The summed E-state index contributed by atoms with van der Waals surface area (Å²) in [5.74, 6) is 0.577. The van der Waals surface area contributed by atoms with Gasteiger partial charge in [0.25, 0.3) is 0 Å². The second kappa shape index (κ2) is 7.94. The van der Waals surface area contributed by atoms with E-state index in [1.165, 1.54) is 6.42 Å². The van der Waals surface area contributed by atoms with Gasteiger partial charge in [-0.05, 0) is 25.6 Å². The number of rotatable bonds is 8. The molecule has 6 heteroatoms. The van der Waals surface area contributed by atoms with Crippen LogP contribution in [-0.2, 0) is 0 Å². The van der Waals surface area contributed by atoms with Gasteiger partial charge in [-0.2, -0.15) is 0 Å². The van der Waals surface area contributed by atoms with Gasteiger partial charge in [0.2, 0.25) is 5.95 Å². The molecule has 0 aliphatic carbocycles. The lowest BCUT2D eigenvalue weighted by Crippen LogP contribution is -2.30. The Hall–Kier alpha value is -1.27. The molecule has 0 atom stereocenters. The Balaban J connectivity index is 2.43. The number of nitrogens with two attached hydrogens (primary N) is 1. The molecule has 0 bridgehead atoms. The molecule has 0 unspecified atom stereocenters. The summed E-state index contributed by atoms with van der Waals surface area (Å²) in [6.45, 7) is 8.32. The Morgan fingerprint density at radius 2 is 2.22 bits per heavy atom. The topological polar surface area (TPSA) is 67.1 Å². The number of likely N-dealkylation sites (N-methyl/N-ethyl adjacent to an activating group) is 1. The molecule has 0 aromatic carbocycles. The quantitative estimate of drug-likeness (QED) is 0.691. The highest BCUT2D eigenvalue weighted by Crippen LogP contribution is 2.00. The zero-order chi connectivity index (χ0) is 13.4. The minimum atomic E-state index is 0.293. The Morgan fingerprint density at radius 1 is 1.44 bits per heavy atom. The van der Waals surface area contributed by atoms with Crippen LogP contribution < -0.4 is 11.1 Å². The van der Waals surface area contributed by atoms with E-state index >= 15 is 0 Å². The molecular weight excluding hydrogens is 246 g/mol. The molecule has 0 aliphatic rings. The van der Waals surface area contributed by atoms with Crippen LogP contribution in [0, 0.1) is 0 Å². The molecular formula is C12H21N5S. The van der Waals surface area contributed by atoms with Crippen molar-refractivity contribution < 1.29 is 0 Å². The van der Waals surface area contributed by atoms with Crippen molar-refractivity contribution in [3.8, 4) is 0 Å². The average molecular weight is 267 g/mol. The molecule has 0 amide bonds. The van der Waals surface area contributed by atoms with Crippen molar-refractivity contribution in [3.05, 3.63) is 18.0 Å². The fourth-order valence-electron chi connectivity index (χ4n) is 1.65. The van der Waals surface area contributed by atoms with Crippen molar-refractivity contribution in [1.29, 1.82) is 0 Å². The molecule has 0 saturated carbocycles. The van der Waals surface area contributed by atoms with Crippen LogP contribution in [0.15, 0.2) is 12.3 Å². The van der Waals surface area contributed by atoms with Crippen molar-refractivity contribution in [3.63, 3.8) is 0 Å². The third-order valence-electron chi connectivity index (χ3n) is 2.61. The third-order valence-corrected chi connectivity index (χ3v) is 2.82. The van der Waals surface area contributed by atoms with Gasteiger partial charge in [0.1, 0.15) is 10.7 Å². The fourth-order valence-corrected chi connectivity index (χ4v) is 1.76. The smallest absolute Gasteiger partial charge is 0.223 e. The third kappa shape index (κ3) is 4.93. The largest absolute Gasteiger partial charge is 0.388 e. The molecule has 0 aliphatic heterocycles. The lowest BCUT2D eigenvalue weighted by atomic mass is 10.4. The molecule has 0 saturated heterocycles. The summed E-state index contributed by atoms with van der Waals surface area (Å²) >= 11 is 4.88. The van der Waals surface area contributed by atoms with Crippen molar-refractivity contribution in [2.75, 3.05) is 31.5 Å². The first-order valence-electron chi connectivity index (χ1n) is 6.26. The summed E-state index contributed by atoms with van der Waals surface area (Å²) in [5.41, 5.74) is 6.13. The molecule has 5 nitrogen and oxygen atoms in total. The number of hydrogen-bond donors (Lipinski definition) is 2. The highest BCUT2D eigenvalue weighted by atomic mass is 32.1. The van der Waals surface area contributed by atoms with Gasteiger partial charge < -0.3 is 16.0 Å². The highest BCUT2D eigenvalue weighted by molar-refractivity contribution is 7.80. The van der Waals surface area contributed by atoms with Gasteiger partial charge in [-0.25, -0.2) is 9.97 Å². The van der Waals surface area contributed by atoms with E-state index in [9.17, 15) is 0 Å². The number of nitrogens with zero attached hydrogens (tertiary/aromatic N) is 3. The predicted molar refractivity (Wildman–Crippen MR) is 78.8 cm³/mol. The lowest BCUT2D eigenvalue weighted by Gasteiger charge is -2.19. The van der Waals surface area contributed by atoms with Crippen molar-refractivity contribution in [2.24, 2.45) is 5.73 Å². The molecule has 18 heavy (non-hydrogen) atoms. The number of thiocarbonyl (C=S) groups is 1. The Bertz CT molecular complexity index is 382. The summed E-state index contributed by atoms with van der Waals surface area (Å²) in [6.07, 6.45) is 2.83. The summed E-state index contributed by atoms with van der Waals surface area (Å²) in [6, 6.07) is 1.71. The van der Waals surface area contributed by atoms with Crippen LogP contribution in [0.2, 0.25) is 0 Å². The molecule has 0 fully saturated rings. The summed E-state index contributed by atoms with van der Waals surface area (Å²) in [7, 11) is 0. The van der Waals surface area contributed by atoms with E-state index in [4.69, 9.17) is 18.0 Å². The maximum atomic E-state index is 5.53. The van der Waals surface area contributed by atoms with E-state index in [1.54, 1.807) is 12.3 Å². The first-order valence-corrected chi connectivity index (χ1v) is 6.67. The van der Waals surface area contributed by atoms with Crippen LogP contribution in [0.1, 0.15) is 26.0 Å². The van der Waals surface area contributed by atoms with Crippen LogP contribution in [0.5, 0.6) is 0 Å². The SMILES string of the molecule is CCCN(CC)CCNc1nccc(C(N)=S)n1. The van der Waals surface area contributed by atoms with E-state index in [2.05, 4.69) is 34.0 Å². The first-order chi connectivity index (χ1) is 8.67. The normalized spacial score (nSPS) is 10.6.